The van der Waals surface area contributed by atoms with Gasteiger partial charge in [0, 0.05) is 0 Å². The molecule has 0 radical (unpaired) electrons. The fraction of sp³-hybridized carbons (Fsp3) is 0.278. The van der Waals surface area contributed by atoms with E-state index in [1.165, 1.54) is 44.4 Å². The average Bonchev–Trinajstić information content (AvgIpc) is 2.82. The van der Waals surface area contributed by atoms with Crippen molar-refractivity contribution >= 4 is 11.6 Å². The van der Waals surface area contributed by atoms with Crippen molar-refractivity contribution in [2.24, 2.45) is 0 Å². The number of aromatic nitrogens is 1. The molecule has 0 saturated heterocycles. The highest BCUT2D eigenvalue weighted by molar-refractivity contribution is 6.06. The van der Waals surface area contributed by atoms with Crippen molar-refractivity contribution in [1.29, 1.82) is 5.26 Å². The second kappa shape index (κ2) is 6.35. The molecule has 1 amide bonds. The van der Waals surface area contributed by atoms with Gasteiger partial charge in [0.2, 0.25) is 0 Å². The lowest BCUT2D eigenvalue weighted by molar-refractivity contribution is -0.141. The molecule has 1 aromatic carbocycles. The third-order valence-corrected chi connectivity index (χ3v) is 4.21. The van der Waals surface area contributed by atoms with Crippen LogP contribution in [-0.2, 0) is 17.3 Å². The third-order valence-electron chi connectivity index (χ3n) is 4.21. The Kier molecular flexibility index (Phi) is 4.34. The first-order valence-corrected chi connectivity index (χ1v) is 7.76. The Morgan fingerprint density at radius 2 is 2.12 bits per heavy atom. The maximum absolute atomic E-state index is 14.6. The highest BCUT2D eigenvalue weighted by atomic mass is 19.3. The maximum atomic E-state index is 14.6. The van der Waals surface area contributed by atoms with Crippen molar-refractivity contribution in [3.05, 3.63) is 52.8 Å². The number of nitriles is 1. The van der Waals surface area contributed by atoms with Crippen molar-refractivity contribution in [3.8, 4) is 11.8 Å². The molecule has 1 atom stereocenters. The maximum Gasteiger partial charge on any atom is 0.352 e. The van der Waals surface area contributed by atoms with Crippen LogP contribution in [0.5, 0.6) is 5.75 Å². The number of nitrogens with zero attached hydrogens (tertiary/aromatic N) is 3. The lowest BCUT2D eigenvalue weighted by atomic mass is 9.98. The molecule has 0 fully saturated rings. The SMILES string of the molecule is COc1ccc(CN2C(=O)C(F)(F)c3c([C@H](C)O)cccc32)nc1C#N. The largest absolute Gasteiger partial charge is 0.494 e. The number of aliphatic hydroxyl groups is 1. The van der Waals surface area contributed by atoms with E-state index in [0.717, 1.165) is 4.90 Å². The van der Waals surface area contributed by atoms with Crippen LogP contribution < -0.4 is 9.64 Å². The lowest BCUT2D eigenvalue weighted by Crippen LogP contribution is -2.34. The summed E-state index contributed by atoms with van der Waals surface area (Å²) in [7, 11) is 1.38. The van der Waals surface area contributed by atoms with Crippen LogP contribution in [0.1, 0.15) is 35.5 Å². The van der Waals surface area contributed by atoms with Gasteiger partial charge in [0.15, 0.2) is 11.4 Å². The summed E-state index contributed by atoms with van der Waals surface area (Å²) in [5.74, 6) is -4.88. The van der Waals surface area contributed by atoms with E-state index in [2.05, 4.69) is 4.98 Å². The summed E-state index contributed by atoms with van der Waals surface area (Å²) in [4.78, 5) is 17.3. The number of anilines is 1. The number of methoxy groups -OCH3 is 1. The van der Waals surface area contributed by atoms with Crippen molar-refractivity contribution in [2.45, 2.75) is 25.5 Å². The molecule has 2 aromatic rings. The highest BCUT2D eigenvalue weighted by Crippen LogP contribution is 2.47. The molecule has 6 nitrogen and oxygen atoms in total. The van der Waals surface area contributed by atoms with Gasteiger partial charge in [-0.3, -0.25) is 4.79 Å². The van der Waals surface area contributed by atoms with E-state index in [9.17, 15) is 18.7 Å². The van der Waals surface area contributed by atoms with E-state index >= 15 is 0 Å². The molecule has 1 aliphatic heterocycles. The molecule has 0 saturated carbocycles. The normalized spacial score (nSPS) is 16.2. The zero-order valence-corrected chi connectivity index (χ0v) is 14.0. The predicted octanol–water partition coefficient (Wildman–Crippen LogP) is 2.65. The molecular weight excluding hydrogens is 344 g/mol. The van der Waals surface area contributed by atoms with Gasteiger partial charge in [-0.2, -0.15) is 14.0 Å². The number of fused-ring (bicyclic) bond motifs is 1. The molecule has 1 aromatic heterocycles. The number of pyridine rings is 1. The van der Waals surface area contributed by atoms with E-state index in [4.69, 9.17) is 10.00 Å². The first kappa shape index (κ1) is 17.8. The van der Waals surface area contributed by atoms with E-state index in [1.54, 1.807) is 0 Å². The number of hydrogen-bond donors (Lipinski definition) is 1. The van der Waals surface area contributed by atoms with Crippen LogP contribution in [0.2, 0.25) is 0 Å². The van der Waals surface area contributed by atoms with Gasteiger partial charge in [0.1, 0.15) is 6.07 Å². The molecule has 0 aliphatic carbocycles. The number of hydrogen-bond acceptors (Lipinski definition) is 5. The van der Waals surface area contributed by atoms with Crippen molar-refractivity contribution in [3.63, 3.8) is 0 Å². The first-order valence-electron chi connectivity index (χ1n) is 7.76. The number of carbonyl (C=O) groups excluding carboxylic acids is 1. The smallest absolute Gasteiger partial charge is 0.352 e. The van der Waals surface area contributed by atoms with E-state index in [-0.39, 0.29) is 34.9 Å². The zero-order chi connectivity index (χ0) is 19.1. The molecule has 1 N–H and O–H groups in total. The van der Waals surface area contributed by atoms with Gasteiger partial charge in [-0.05, 0) is 30.7 Å². The van der Waals surface area contributed by atoms with E-state index in [1.807, 2.05) is 6.07 Å². The Morgan fingerprint density at radius 1 is 1.38 bits per heavy atom. The molecule has 0 bridgehead atoms. The number of rotatable bonds is 4. The standard InChI is InChI=1S/C18H15F2N3O3/c1-10(24)12-4-3-5-14-16(12)18(19,20)17(25)23(14)9-11-6-7-15(26-2)13(8-21)22-11/h3-7,10,24H,9H2,1-2H3/t10-/m0/s1. The summed E-state index contributed by atoms with van der Waals surface area (Å²) in [6.45, 7) is 1.13. The minimum Gasteiger partial charge on any atom is -0.494 e. The minimum absolute atomic E-state index is 0.00126. The van der Waals surface area contributed by atoms with Gasteiger partial charge in [-0.1, -0.05) is 12.1 Å². The van der Waals surface area contributed by atoms with E-state index < -0.39 is 23.5 Å². The topological polar surface area (TPSA) is 86.4 Å². The highest BCUT2D eigenvalue weighted by Gasteiger charge is 2.54. The van der Waals surface area contributed by atoms with Crippen LogP contribution in [0.4, 0.5) is 14.5 Å². The molecule has 2 heterocycles. The molecular formula is C18H15F2N3O3. The van der Waals surface area contributed by atoms with Gasteiger partial charge in [0.05, 0.1) is 36.7 Å². The van der Waals surface area contributed by atoms with Crippen LogP contribution in [0.25, 0.3) is 0 Å². The number of benzene rings is 1. The molecule has 1 aliphatic rings. The summed E-state index contributed by atoms with van der Waals surface area (Å²) < 4.78 is 34.1. The van der Waals surface area contributed by atoms with Gasteiger partial charge >= 0.3 is 11.8 Å². The van der Waals surface area contributed by atoms with Crippen LogP contribution in [0, 0.1) is 11.3 Å². The fourth-order valence-electron chi connectivity index (χ4n) is 3.00. The fourth-order valence-corrected chi connectivity index (χ4v) is 3.00. The quantitative estimate of drug-likeness (QED) is 0.907. The van der Waals surface area contributed by atoms with Crippen molar-refractivity contribution in [2.75, 3.05) is 12.0 Å². The number of carbonyl (C=O) groups is 1. The van der Waals surface area contributed by atoms with Gasteiger partial charge in [-0.25, -0.2) is 4.98 Å². The van der Waals surface area contributed by atoms with Crippen molar-refractivity contribution in [1.82, 2.24) is 4.98 Å². The van der Waals surface area contributed by atoms with E-state index in [0.29, 0.717) is 0 Å². The molecule has 3 rings (SSSR count). The van der Waals surface area contributed by atoms with Crippen LogP contribution in [0.15, 0.2) is 30.3 Å². The Balaban J connectivity index is 2.05. The lowest BCUT2D eigenvalue weighted by Gasteiger charge is -2.17. The summed E-state index contributed by atoms with van der Waals surface area (Å²) in [6.07, 6.45) is -1.15. The predicted molar refractivity (Wildman–Crippen MR) is 87.7 cm³/mol. The number of alkyl halides is 2. The van der Waals surface area contributed by atoms with Gasteiger partial charge < -0.3 is 14.7 Å². The molecule has 8 heteroatoms. The summed E-state index contributed by atoms with van der Waals surface area (Å²) >= 11 is 0. The molecule has 134 valence electrons. The van der Waals surface area contributed by atoms with Crippen molar-refractivity contribution < 1.29 is 23.4 Å². The van der Waals surface area contributed by atoms with Crippen LogP contribution in [0.3, 0.4) is 0 Å². The van der Waals surface area contributed by atoms with Gasteiger partial charge in [-0.15, -0.1) is 0 Å². The Labute approximate surface area is 148 Å². The number of ether oxygens (including phenoxy) is 1. The van der Waals surface area contributed by atoms with Gasteiger partial charge in [0.25, 0.3) is 0 Å². The first-order chi connectivity index (χ1) is 12.3. The second-order valence-electron chi connectivity index (χ2n) is 5.85. The monoisotopic (exact) mass is 359 g/mol. The Morgan fingerprint density at radius 3 is 2.73 bits per heavy atom. The minimum atomic E-state index is -3.74. The summed E-state index contributed by atoms with van der Waals surface area (Å²) in [5, 5.41) is 18.9. The summed E-state index contributed by atoms with van der Waals surface area (Å²) in [5.41, 5.74) is -0.199. The number of halogens is 2. The molecule has 0 unspecified atom stereocenters. The zero-order valence-electron chi connectivity index (χ0n) is 14.0. The summed E-state index contributed by atoms with van der Waals surface area (Å²) in [6, 6.07) is 9.13. The Bertz CT molecular complexity index is 922. The molecule has 26 heavy (non-hydrogen) atoms. The average molecular weight is 359 g/mol. The Hall–Kier alpha value is -3.05. The van der Waals surface area contributed by atoms with Crippen LogP contribution >= 0.6 is 0 Å². The third kappa shape index (κ3) is 2.66. The second-order valence-corrected chi connectivity index (χ2v) is 5.85. The number of amides is 1. The number of aliphatic hydroxyl groups excluding tert-OH is 1. The molecule has 0 spiro atoms. The van der Waals surface area contributed by atoms with Crippen LogP contribution in [-0.4, -0.2) is 23.1 Å².